The Hall–Kier alpha value is -2.99. The molecule has 4 aromatic rings. The van der Waals surface area contributed by atoms with Gasteiger partial charge in [0, 0.05) is 43.3 Å². The number of hydrogen-bond acceptors (Lipinski definition) is 4. The van der Waals surface area contributed by atoms with Gasteiger partial charge in [-0.2, -0.15) is 0 Å². The number of carbonyl (C=O) groups excluding carboxylic acids is 1. The summed E-state index contributed by atoms with van der Waals surface area (Å²) < 4.78 is 12.7. The van der Waals surface area contributed by atoms with Crippen LogP contribution in [0.3, 0.4) is 0 Å². The van der Waals surface area contributed by atoms with E-state index in [2.05, 4.69) is 65.4 Å². The normalized spacial score (nSPS) is 17.8. The lowest BCUT2D eigenvalue weighted by molar-refractivity contribution is -0.118. The van der Waals surface area contributed by atoms with E-state index < -0.39 is 0 Å². The lowest BCUT2D eigenvalue weighted by atomic mass is 9.68. The summed E-state index contributed by atoms with van der Waals surface area (Å²) in [6.07, 6.45) is 1.33. The first-order valence-corrected chi connectivity index (χ1v) is 14.7. The standard InChI is InChI=1S/C33H28BrCl2NO3/c1-33(2)15-23-30-21-7-5-4-6-18(21)9-11-26(30)37-32(31(23)27(38)16-33)22-13-28(39-3)29(14-24(22)34)40-17-19-8-10-20(35)12-25(19)36/h4-14,32,37H,15-17H2,1-3H3/t32-/m1/s1. The van der Waals surface area contributed by atoms with Gasteiger partial charge in [0.25, 0.3) is 0 Å². The van der Waals surface area contributed by atoms with Gasteiger partial charge in [-0.25, -0.2) is 0 Å². The molecule has 7 heteroatoms. The Morgan fingerprint density at radius 3 is 2.58 bits per heavy atom. The van der Waals surface area contributed by atoms with Crippen LogP contribution in [0.1, 0.15) is 49.4 Å². The maximum Gasteiger partial charge on any atom is 0.162 e. The lowest BCUT2D eigenvalue weighted by Gasteiger charge is -2.40. The fourth-order valence-corrected chi connectivity index (χ4v) is 6.92. The first kappa shape index (κ1) is 27.2. The minimum Gasteiger partial charge on any atom is -0.493 e. The Morgan fingerprint density at radius 2 is 1.80 bits per heavy atom. The van der Waals surface area contributed by atoms with Crippen molar-refractivity contribution >= 4 is 66.9 Å². The molecule has 0 amide bonds. The maximum absolute atomic E-state index is 13.8. The molecule has 4 nitrogen and oxygen atoms in total. The Labute approximate surface area is 252 Å². The zero-order valence-corrected chi connectivity index (χ0v) is 25.5. The molecule has 2 aliphatic rings. The highest BCUT2D eigenvalue weighted by Crippen LogP contribution is 2.53. The van der Waals surface area contributed by atoms with Crippen LogP contribution in [0.5, 0.6) is 11.5 Å². The van der Waals surface area contributed by atoms with E-state index in [1.54, 1.807) is 19.2 Å². The van der Waals surface area contributed by atoms with Crippen molar-refractivity contribution in [1.29, 1.82) is 0 Å². The van der Waals surface area contributed by atoms with Crippen molar-refractivity contribution in [1.82, 2.24) is 0 Å². The van der Waals surface area contributed by atoms with E-state index in [4.69, 9.17) is 32.7 Å². The monoisotopic (exact) mass is 635 g/mol. The van der Waals surface area contributed by atoms with Crippen LogP contribution in [0, 0.1) is 5.41 Å². The number of benzene rings is 4. The molecule has 1 N–H and O–H groups in total. The van der Waals surface area contributed by atoms with Gasteiger partial charge in [0.05, 0.1) is 13.2 Å². The topological polar surface area (TPSA) is 47.6 Å². The number of ketones is 1. The fraction of sp³-hybridized carbons (Fsp3) is 0.242. The number of nitrogens with one attached hydrogen (secondary N) is 1. The highest BCUT2D eigenvalue weighted by Gasteiger charge is 2.41. The molecule has 204 valence electrons. The van der Waals surface area contributed by atoms with Crippen LogP contribution in [0.2, 0.25) is 10.0 Å². The summed E-state index contributed by atoms with van der Waals surface area (Å²) in [5, 5.41) is 7.14. The van der Waals surface area contributed by atoms with Crippen LogP contribution in [0.15, 0.2) is 76.8 Å². The molecule has 0 bridgehead atoms. The number of allylic oxidation sites excluding steroid dienone is 1. The van der Waals surface area contributed by atoms with Crippen LogP contribution < -0.4 is 14.8 Å². The average molecular weight is 637 g/mol. The SMILES string of the molecule is COc1cc([C@H]2Nc3ccc4ccccc4c3C3=C2C(=O)CC(C)(C)C3)c(Br)cc1OCc1ccc(Cl)cc1Cl. The Bertz CT molecular complexity index is 1710. The number of rotatable bonds is 5. The molecule has 0 aromatic heterocycles. The van der Waals surface area contributed by atoms with Crippen LogP contribution in [-0.2, 0) is 11.4 Å². The minimum absolute atomic E-state index is 0.123. The molecule has 1 aliphatic heterocycles. The highest BCUT2D eigenvalue weighted by atomic mass is 79.9. The van der Waals surface area contributed by atoms with Gasteiger partial charge in [-0.05, 0) is 64.1 Å². The zero-order valence-electron chi connectivity index (χ0n) is 22.4. The van der Waals surface area contributed by atoms with Gasteiger partial charge < -0.3 is 14.8 Å². The number of methoxy groups -OCH3 is 1. The van der Waals surface area contributed by atoms with Crippen LogP contribution >= 0.6 is 39.1 Å². The van der Waals surface area contributed by atoms with Crippen molar-refractivity contribution in [3.63, 3.8) is 0 Å². The largest absolute Gasteiger partial charge is 0.493 e. The molecular formula is C33H28BrCl2NO3. The number of halogens is 3. The summed E-state index contributed by atoms with van der Waals surface area (Å²) in [6, 6.07) is 21.5. The van der Waals surface area contributed by atoms with Crippen molar-refractivity contribution in [3.8, 4) is 11.5 Å². The summed E-state index contributed by atoms with van der Waals surface area (Å²) in [5.41, 5.74) is 5.71. The smallest absolute Gasteiger partial charge is 0.162 e. The van der Waals surface area contributed by atoms with Gasteiger partial charge in [0.15, 0.2) is 17.3 Å². The van der Waals surface area contributed by atoms with Gasteiger partial charge >= 0.3 is 0 Å². The molecule has 1 aliphatic carbocycles. The van der Waals surface area contributed by atoms with Crippen LogP contribution in [0.4, 0.5) is 5.69 Å². The summed E-state index contributed by atoms with van der Waals surface area (Å²) >= 11 is 16.2. The molecule has 0 saturated carbocycles. The quantitative estimate of drug-likeness (QED) is 0.237. The molecule has 1 heterocycles. The van der Waals surface area contributed by atoms with Gasteiger partial charge in [0.2, 0.25) is 0 Å². The Morgan fingerprint density at radius 1 is 1.00 bits per heavy atom. The van der Waals surface area contributed by atoms with Crippen molar-refractivity contribution in [2.75, 3.05) is 12.4 Å². The lowest BCUT2D eigenvalue weighted by Crippen LogP contribution is -2.33. The second-order valence-electron chi connectivity index (χ2n) is 11.2. The molecule has 0 unspecified atom stereocenters. The molecule has 0 fully saturated rings. The first-order valence-electron chi connectivity index (χ1n) is 13.1. The van der Waals surface area contributed by atoms with E-state index in [9.17, 15) is 4.79 Å². The van der Waals surface area contributed by atoms with Gasteiger partial charge in [-0.1, -0.05) is 89.4 Å². The first-order chi connectivity index (χ1) is 19.1. The van der Waals surface area contributed by atoms with Gasteiger partial charge in [0.1, 0.15) is 6.61 Å². The highest BCUT2D eigenvalue weighted by molar-refractivity contribution is 9.10. The van der Waals surface area contributed by atoms with E-state index in [0.29, 0.717) is 28.0 Å². The van der Waals surface area contributed by atoms with Crippen molar-refractivity contribution in [3.05, 3.63) is 104 Å². The number of carbonyl (C=O) groups is 1. The number of Topliss-reactive ketones (excluding diaryl/α,β-unsaturated/α-hetero) is 1. The molecule has 4 aromatic carbocycles. The number of ether oxygens (including phenoxy) is 2. The fourth-order valence-electron chi connectivity index (χ4n) is 5.91. The Balaban J connectivity index is 1.44. The third-order valence-corrected chi connectivity index (χ3v) is 9.01. The van der Waals surface area contributed by atoms with E-state index in [0.717, 1.165) is 55.2 Å². The number of fused-ring (bicyclic) bond motifs is 4. The van der Waals surface area contributed by atoms with Gasteiger partial charge in [-0.15, -0.1) is 0 Å². The molecule has 0 radical (unpaired) electrons. The maximum atomic E-state index is 13.8. The third kappa shape index (κ3) is 4.89. The molecule has 6 rings (SSSR count). The molecule has 0 spiro atoms. The predicted molar refractivity (Wildman–Crippen MR) is 167 cm³/mol. The van der Waals surface area contributed by atoms with Crippen molar-refractivity contribution in [2.45, 2.75) is 39.3 Å². The molecular weight excluding hydrogens is 609 g/mol. The van der Waals surface area contributed by atoms with E-state index in [-0.39, 0.29) is 23.8 Å². The third-order valence-electron chi connectivity index (χ3n) is 7.73. The zero-order chi connectivity index (χ0) is 28.2. The summed E-state index contributed by atoms with van der Waals surface area (Å²) in [6.45, 7) is 4.60. The second-order valence-corrected chi connectivity index (χ2v) is 12.9. The van der Waals surface area contributed by atoms with Crippen molar-refractivity contribution < 1.29 is 14.3 Å². The second kappa shape index (κ2) is 10.4. The number of anilines is 1. The molecule has 0 saturated heterocycles. The van der Waals surface area contributed by atoms with E-state index in [1.165, 1.54) is 0 Å². The minimum atomic E-state index is -0.338. The molecule has 1 atom stereocenters. The predicted octanol–water partition coefficient (Wildman–Crippen LogP) is 9.81. The van der Waals surface area contributed by atoms with Crippen LogP contribution in [0.25, 0.3) is 16.3 Å². The summed E-state index contributed by atoms with van der Waals surface area (Å²) in [5.74, 6) is 1.31. The Kier molecular flexibility index (Phi) is 7.10. The van der Waals surface area contributed by atoms with E-state index >= 15 is 0 Å². The van der Waals surface area contributed by atoms with Crippen LogP contribution in [-0.4, -0.2) is 12.9 Å². The summed E-state index contributed by atoms with van der Waals surface area (Å²) in [4.78, 5) is 13.8. The van der Waals surface area contributed by atoms with Gasteiger partial charge in [-0.3, -0.25) is 4.79 Å². The number of hydrogen-bond donors (Lipinski definition) is 1. The summed E-state index contributed by atoms with van der Waals surface area (Å²) in [7, 11) is 1.61. The van der Waals surface area contributed by atoms with Crippen molar-refractivity contribution in [2.24, 2.45) is 5.41 Å². The average Bonchev–Trinajstić information content (AvgIpc) is 2.91. The molecule has 40 heavy (non-hydrogen) atoms. The van der Waals surface area contributed by atoms with E-state index in [1.807, 2.05) is 24.3 Å².